The van der Waals surface area contributed by atoms with Crippen molar-refractivity contribution in [1.29, 1.82) is 0 Å². The highest BCUT2D eigenvalue weighted by atomic mass is 14.2. The fraction of sp³-hybridized carbons (Fsp3) is 0.619. The van der Waals surface area contributed by atoms with Gasteiger partial charge in [-0.1, -0.05) is 94.5 Å². The smallest absolute Gasteiger partial charge is 0.0279 e. The van der Waals surface area contributed by atoms with E-state index in [0.29, 0.717) is 0 Å². The molecular formula is C21H34. The Balaban J connectivity index is 0.00000106. The summed E-state index contributed by atoms with van der Waals surface area (Å²) in [5.74, 6) is 1.08. The number of hydrogen-bond donors (Lipinski definition) is 0. The van der Waals surface area contributed by atoms with Crippen molar-refractivity contribution in [2.75, 3.05) is 0 Å². The Bertz CT molecular complexity index is 321. The molecular weight excluding hydrogens is 252 g/mol. The second-order valence-electron chi connectivity index (χ2n) is 6.30. The Morgan fingerprint density at radius 2 is 1.38 bits per heavy atom. The van der Waals surface area contributed by atoms with Crippen molar-refractivity contribution in [3.63, 3.8) is 0 Å². The van der Waals surface area contributed by atoms with Gasteiger partial charge in [-0.15, -0.1) is 13.2 Å². The molecule has 0 saturated heterocycles. The monoisotopic (exact) mass is 286 g/mol. The van der Waals surface area contributed by atoms with Gasteiger partial charge in [-0.05, 0) is 24.3 Å². The molecule has 118 valence electrons. The summed E-state index contributed by atoms with van der Waals surface area (Å²) < 4.78 is 0. The highest BCUT2D eigenvalue weighted by Gasteiger charge is 2.12. The van der Waals surface area contributed by atoms with Crippen LogP contribution in [0.25, 0.3) is 0 Å². The summed E-state index contributed by atoms with van der Waals surface area (Å²) in [6.45, 7) is 6.00. The van der Waals surface area contributed by atoms with Crippen LogP contribution >= 0.6 is 0 Å². The van der Waals surface area contributed by atoms with Crippen molar-refractivity contribution in [2.45, 2.75) is 77.0 Å². The van der Waals surface area contributed by atoms with Gasteiger partial charge in [0.15, 0.2) is 0 Å². The van der Waals surface area contributed by atoms with Gasteiger partial charge in [-0.3, -0.25) is 0 Å². The molecule has 0 nitrogen and oxygen atoms in total. The van der Waals surface area contributed by atoms with E-state index in [0.717, 1.165) is 5.92 Å². The third-order valence-corrected chi connectivity index (χ3v) is 4.65. The van der Waals surface area contributed by atoms with Gasteiger partial charge in [0.25, 0.3) is 0 Å². The van der Waals surface area contributed by atoms with Crippen LogP contribution in [-0.2, 0) is 6.42 Å². The normalized spacial score (nSPS) is 15.2. The lowest BCUT2D eigenvalue weighted by molar-refractivity contribution is 0.328. The molecule has 0 heterocycles. The van der Waals surface area contributed by atoms with Gasteiger partial charge in [0.2, 0.25) is 0 Å². The highest BCUT2D eigenvalue weighted by Crippen LogP contribution is 2.28. The topological polar surface area (TPSA) is 0 Å². The predicted molar refractivity (Wildman–Crippen MR) is 95.7 cm³/mol. The van der Waals surface area contributed by atoms with Crippen LogP contribution in [-0.4, -0.2) is 0 Å². The van der Waals surface area contributed by atoms with Crippen LogP contribution in [0.1, 0.15) is 76.2 Å². The number of hydrogen-bond acceptors (Lipinski definition) is 0. The Kier molecular flexibility index (Phi) is 10.9. The average molecular weight is 287 g/mol. The maximum atomic E-state index is 3.00. The SMILES string of the molecule is C=C.c1ccc(CCCCCCCC2CCCCC2)cc1. The van der Waals surface area contributed by atoms with Crippen molar-refractivity contribution < 1.29 is 0 Å². The summed E-state index contributed by atoms with van der Waals surface area (Å²) in [6, 6.07) is 10.9. The zero-order chi connectivity index (χ0) is 15.2. The molecule has 0 amide bonds. The van der Waals surface area contributed by atoms with E-state index in [-0.39, 0.29) is 0 Å². The second kappa shape index (κ2) is 12.7. The molecule has 0 spiro atoms. The fourth-order valence-electron chi connectivity index (χ4n) is 3.41. The van der Waals surface area contributed by atoms with Crippen molar-refractivity contribution in [3.8, 4) is 0 Å². The van der Waals surface area contributed by atoms with E-state index in [1.165, 1.54) is 82.6 Å². The van der Waals surface area contributed by atoms with Gasteiger partial charge in [0, 0.05) is 0 Å². The molecule has 1 aliphatic rings. The summed E-state index contributed by atoms with van der Waals surface area (Å²) in [4.78, 5) is 0. The quantitative estimate of drug-likeness (QED) is 0.358. The first-order chi connectivity index (χ1) is 10.4. The van der Waals surface area contributed by atoms with Crippen molar-refractivity contribution in [3.05, 3.63) is 49.1 Å². The summed E-state index contributed by atoms with van der Waals surface area (Å²) in [7, 11) is 0. The van der Waals surface area contributed by atoms with E-state index < -0.39 is 0 Å². The number of unbranched alkanes of at least 4 members (excludes halogenated alkanes) is 4. The van der Waals surface area contributed by atoms with E-state index in [2.05, 4.69) is 43.5 Å². The molecule has 21 heavy (non-hydrogen) atoms. The largest absolute Gasteiger partial charge is 0.106 e. The Hall–Kier alpha value is -1.04. The minimum atomic E-state index is 1.08. The van der Waals surface area contributed by atoms with Gasteiger partial charge in [-0.25, -0.2) is 0 Å². The zero-order valence-electron chi connectivity index (χ0n) is 13.9. The van der Waals surface area contributed by atoms with E-state index in [9.17, 15) is 0 Å². The first-order valence-corrected chi connectivity index (χ1v) is 8.99. The van der Waals surface area contributed by atoms with Crippen molar-refractivity contribution >= 4 is 0 Å². The van der Waals surface area contributed by atoms with Crippen LogP contribution in [0.15, 0.2) is 43.5 Å². The molecule has 0 heteroatoms. The third-order valence-electron chi connectivity index (χ3n) is 4.65. The Morgan fingerprint density at radius 3 is 2.10 bits per heavy atom. The van der Waals surface area contributed by atoms with Crippen LogP contribution < -0.4 is 0 Å². The standard InChI is InChI=1S/C19H30.C2H4/c1(2-6-12-18-14-8-4-9-15-18)3-7-13-19-16-10-5-11-17-19;1-2/h4,8-9,14-15,19H,1-3,5-7,10-13,16-17H2;1-2H2. The molecule has 1 fully saturated rings. The van der Waals surface area contributed by atoms with Crippen LogP contribution in [0, 0.1) is 5.92 Å². The molecule has 0 bridgehead atoms. The molecule has 1 aromatic rings. The van der Waals surface area contributed by atoms with Gasteiger partial charge in [-0.2, -0.15) is 0 Å². The first kappa shape index (κ1) is 18.0. The molecule has 0 aliphatic heterocycles. The highest BCUT2D eigenvalue weighted by molar-refractivity contribution is 5.14. The summed E-state index contributed by atoms with van der Waals surface area (Å²) in [5, 5.41) is 0. The van der Waals surface area contributed by atoms with E-state index >= 15 is 0 Å². The molecule has 0 atom stereocenters. The number of aryl methyl sites for hydroxylation is 1. The lowest BCUT2D eigenvalue weighted by atomic mass is 9.85. The van der Waals surface area contributed by atoms with Gasteiger partial charge in [0.05, 0.1) is 0 Å². The summed E-state index contributed by atoms with van der Waals surface area (Å²) in [6.07, 6.45) is 17.5. The molecule has 0 unspecified atom stereocenters. The molecule has 0 N–H and O–H groups in total. The third kappa shape index (κ3) is 8.75. The number of benzene rings is 1. The molecule has 0 aromatic heterocycles. The lowest BCUT2D eigenvalue weighted by Gasteiger charge is -2.21. The minimum Gasteiger partial charge on any atom is -0.106 e. The molecule has 1 aromatic carbocycles. The molecule has 1 saturated carbocycles. The van der Waals surface area contributed by atoms with Crippen LogP contribution in [0.2, 0.25) is 0 Å². The van der Waals surface area contributed by atoms with E-state index in [4.69, 9.17) is 0 Å². The average Bonchev–Trinajstić information content (AvgIpc) is 2.58. The van der Waals surface area contributed by atoms with Crippen LogP contribution in [0.5, 0.6) is 0 Å². The van der Waals surface area contributed by atoms with Crippen molar-refractivity contribution in [1.82, 2.24) is 0 Å². The molecule has 0 radical (unpaired) electrons. The summed E-state index contributed by atoms with van der Waals surface area (Å²) in [5.41, 5.74) is 1.50. The zero-order valence-corrected chi connectivity index (χ0v) is 13.9. The predicted octanol–water partition coefficient (Wildman–Crippen LogP) is 6.95. The van der Waals surface area contributed by atoms with Gasteiger partial charge < -0.3 is 0 Å². The van der Waals surface area contributed by atoms with Gasteiger partial charge >= 0.3 is 0 Å². The maximum absolute atomic E-state index is 3.00. The fourth-order valence-corrected chi connectivity index (χ4v) is 3.41. The number of rotatable bonds is 8. The van der Waals surface area contributed by atoms with Crippen LogP contribution in [0.4, 0.5) is 0 Å². The lowest BCUT2D eigenvalue weighted by Crippen LogP contribution is -2.05. The first-order valence-electron chi connectivity index (χ1n) is 8.99. The van der Waals surface area contributed by atoms with Gasteiger partial charge in [0.1, 0.15) is 0 Å². The van der Waals surface area contributed by atoms with Crippen LogP contribution in [0.3, 0.4) is 0 Å². The summed E-state index contributed by atoms with van der Waals surface area (Å²) >= 11 is 0. The minimum absolute atomic E-state index is 1.08. The Morgan fingerprint density at radius 1 is 0.762 bits per heavy atom. The maximum Gasteiger partial charge on any atom is -0.0279 e. The second-order valence-corrected chi connectivity index (χ2v) is 6.30. The van der Waals surface area contributed by atoms with E-state index in [1.54, 1.807) is 0 Å². The van der Waals surface area contributed by atoms with E-state index in [1.807, 2.05) is 0 Å². The molecule has 2 rings (SSSR count). The molecule has 1 aliphatic carbocycles. The Labute approximate surface area is 132 Å². The van der Waals surface area contributed by atoms with Crippen molar-refractivity contribution in [2.24, 2.45) is 5.92 Å².